The number of morpholine rings is 1. The molecule has 1 spiro atoms. The molecule has 39 heavy (non-hydrogen) atoms. The van der Waals surface area contributed by atoms with Crippen LogP contribution in [0.2, 0.25) is 0 Å². The lowest BCUT2D eigenvalue weighted by atomic mass is 9.65. The fourth-order valence-corrected chi connectivity index (χ4v) is 9.64. The summed E-state index contributed by atoms with van der Waals surface area (Å²) in [6, 6.07) is -1.25. The number of likely N-dealkylation sites (N-methyl/N-ethyl adjacent to an activating group) is 1. The molecule has 1 N–H and O–H groups in total. The van der Waals surface area contributed by atoms with Crippen LogP contribution in [0, 0.1) is 23.7 Å². The van der Waals surface area contributed by atoms with E-state index in [9.17, 15) is 19.5 Å². The van der Waals surface area contributed by atoms with E-state index in [1.54, 1.807) is 40.8 Å². The van der Waals surface area contributed by atoms with Gasteiger partial charge in [-0.25, -0.2) is 0 Å². The molecular formula is C29H46N4O5S. The van der Waals surface area contributed by atoms with Gasteiger partial charge < -0.3 is 24.5 Å². The highest BCUT2D eigenvalue weighted by Gasteiger charge is 2.77. The second-order valence-electron chi connectivity index (χ2n) is 11.8. The number of fused-ring (bicyclic) bond motifs is 1. The fourth-order valence-electron chi connectivity index (χ4n) is 7.24. The van der Waals surface area contributed by atoms with Crippen LogP contribution in [0.5, 0.6) is 0 Å². The first kappa shape index (κ1) is 30.1. The summed E-state index contributed by atoms with van der Waals surface area (Å²) >= 11 is 1.68. The Balaban J connectivity index is 1.73. The van der Waals surface area contributed by atoms with Gasteiger partial charge in [-0.3, -0.25) is 19.3 Å². The van der Waals surface area contributed by atoms with E-state index in [1.165, 1.54) is 0 Å². The van der Waals surface area contributed by atoms with Crippen molar-refractivity contribution >= 4 is 29.5 Å². The highest BCUT2D eigenvalue weighted by Crippen LogP contribution is 2.69. The predicted octanol–water partition coefficient (Wildman–Crippen LogP) is 1.33. The molecule has 0 aliphatic carbocycles. The Kier molecular flexibility index (Phi) is 9.51. The largest absolute Gasteiger partial charge is 0.394 e. The predicted molar refractivity (Wildman–Crippen MR) is 153 cm³/mol. The molecule has 218 valence electrons. The maximum Gasteiger partial charge on any atom is 0.247 e. The Morgan fingerprint density at radius 1 is 1.21 bits per heavy atom. The van der Waals surface area contributed by atoms with E-state index in [0.29, 0.717) is 39.4 Å². The Morgan fingerprint density at radius 3 is 2.46 bits per heavy atom. The van der Waals surface area contributed by atoms with Crippen molar-refractivity contribution in [3.05, 3.63) is 25.3 Å². The van der Waals surface area contributed by atoms with E-state index >= 15 is 0 Å². The third-order valence-electron chi connectivity index (χ3n) is 9.25. The maximum atomic E-state index is 14.6. The van der Waals surface area contributed by atoms with Gasteiger partial charge in [0.05, 0.1) is 42.4 Å². The molecule has 7 atom stereocenters. The van der Waals surface area contributed by atoms with Crippen LogP contribution >= 0.6 is 11.8 Å². The SMILES string of the molecule is C=CCN(C)C(=O)[C@@H]1[C@@H]2CC(C)C3(S2)C(C(=O)N(CC=C)CCN2CCOCC2)N([C@@H](CO)C(C)C)C(=O)[C@H]13. The smallest absolute Gasteiger partial charge is 0.247 e. The molecule has 0 aromatic carbocycles. The van der Waals surface area contributed by atoms with Crippen LogP contribution in [0.3, 0.4) is 0 Å². The summed E-state index contributed by atoms with van der Waals surface area (Å²) in [6.45, 7) is 18.5. The number of nitrogens with zero attached hydrogens (tertiary/aromatic N) is 4. The summed E-state index contributed by atoms with van der Waals surface area (Å²) < 4.78 is 4.76. The van der Waals surface area contributed by atoms with Crippen molar-refractivity contribution in [3.63, 3.8) is 0 Å². The molecule has 0 saturated carbocycles. The van der Waals surface area contributed by atoms with Crippen molar-refractivity contribution in [2.75, 3.05) is 66.1 Å². The second kappa shape index (κ2) is 12.3. The van der Waals surface area contributed by atoms with Crippen LogP contribution in [0.25, 0.3) is 0 Å². The first-order chi connectivity index (χ1) is 18.6. The number of likely N-dealkylation sites (tertiary alicyclic amines) is 1. The number of carbonyl (C=O) groups excluding carboxylic acids is 3. The normalized spacial score (nSPS) is 32.8. The molecular weight excluding hydrogens is 516 g/mol. The van der Waals surface area contributed by atoms with Gasteiger partial charge in [0.15, 0.2) is 0 Å². The average Bonchev–Trinajstić information content (AvgIpc) is 3.50. The van der Waals surface area contributed by atoms with E-state index in [-0.39, 0.29) is 41.4 Å². The van der Waals surface area contributed by atoms with Gasteiger partial charge in [-0.05, 0) is 18.3 Å². The summed E-state index contributed by atoms with van der Waals surface area (Å²) in [4.78, 5) is 50.2. The van der Waals surface area contributed by atoms with Gasteiger partial charge in [-0.2, -0.15) is 0 Å². The van der Waals surface area contributed by atoms with Gasteiger partial charge in [0.1, 0.15) is 6.04 Å². The molecule has 0 radical (unpaired) electrons. The van der Waals surface area contributed by atoms with Crippen LogP contribution in [0.4, 0.5) is 0 Å². The molecule has 3 amide bonds. The Hall–Kier alpha value is -1.88. The number of amides is 3. The van der Waals surface area contributed by atoms with Crippen LogP contribution < -0.4 is 0 Å². The van der Waals surface area contributed by atoms with Gasteiger partial charge in [-0.15, -0.1) is 24.9 Å². The minimum atomic E-state index is -0.744. The van der Waals surface area contributed by atoms with Crippen LogP contribution in [-0.4, -0.2) is 131 Å². The quantitative estimate of drug-likeness (QED) is 0.359. The number of thioether (sulfide) groups is 1. The molecule has 10 heteroatoms. The zero-order chi connectivity index (χ0) is 28.5. The summed E-state index contributed by atoms with van der Waals surface area (Å²) in [5, 5.41) is 10.5. The van der Waals surface area contributed by atoms with E-state index in [0.717, 1.165) is 19.5 Å². The number of aliphatic hydroxyl groups excluding tert-OH is 1. The minimum Gasteiger partial charge on any atom is -0.394 e. The number of aliphatic hydroxyl groups is 1. The maximum absolute atomic E-state index is 14.6. The molecule has 3 unspecified atom stereocenters. The van der Waals surface area contributed by atoms with E-state index in [1.807, 2.05) is 18.7 Å². The van der Waals surface area contributed by atoms with Crippen molar-refractivity contribution in [2.45, 2.75) is 49.3 Å². The Bertz CT molecular complexity index is 956. The van der Waals surface area contributed by atoms with Crippen molar-refractivity contribution in [2.24, 2.45) is 23.7 Å². The first-order valence-corrected chi connectivity index (χ1v) is 15.2. The van der Waals surface area contributed by atoms with Gasteiger partial charge in [0, 0.05) is 51.6 Å². The van der Waals surface area contributed by atoms with Crippen LogP contribution in [-0.2, 0) is 19.1 Å². The topological polar surface area (TPSA) is 93.6 Å². The average molecular weight is 563 g/mol. The first-order valence-electron chi connectivity index (χ1n) is 14.3. The molecule has 4 heterocycles. The van der Waals surface area contributed by atoms with Gasteiger partial charge in [0.25, 0.3) is 0 Å². The molecule has 2 bridgehead atoms. The highest BCUT2D eigenvalue weighted by atomic mass is 32.2. The summed E-state index contributed by atoms with van der Waals surface area (Å²) in [5.74, 6) is -1.40. The molecule has 0 aromatic heterocycles. The molecule has 4 rings (SSSR count). The number of rotatable bonds is 12. The lowest BCUT2D eigenvalue weighted by Gasteiger charge is -2.43. The fraction of sp³-hybridized carbons (Fsp3) is 0.759. The second-order valence-corrected chi connectivity index (χ2v) is 13.4. The van der Waals surface area contributed by atoms with Crippen LogP contribution in [0.1, 0.15) is 27.2 Å². The summed E-state index contributed by atoms with van der Waals surface area (Å²) in [7, 11) is 1.75. The Morgan fingerprint density at radius 2 is 1.87 bits per heavy atom. The third-order valence-corrected chi connectivity index (χ3v) is 11.3. The van der Waals surface area contributed by atoms with Gasteiger partial charge in [-0.1, -0.05) is 32.9 Å². The van der Waals surface area contributed by atoms with Crippen molar-refractivity contribution in [3.8, 4) is 0 Å². The zero-order valence-electron chi connectivity index (χ0n) is 24.0. The third kappa shape index (κ3) is 5.18. The number of carbonyl (C=O) groups is 3. The molecule has 4 saturated heterocycles. The molecule has 9 nitrogen and oxygen atoms in total. The molecule has 4 fully saturated rings. The van der Waals surface area contributed by atoms with E-state index in [2.05, 4.69) is 25.0 Å². The number of hydrogen-bond donors (Lipinski definition) is 1. The van der Waals surface area contributed by atoms with Gasteiger partial charge >= 0.3 is 0 Å². The van der Waals surface area contributed by atoms with Crippen molar-refractivity contribution in [1.29, 1.82) is 0 Å². The summed E-state index contributed by atoms with van der Waals surface area (Å²) in [5.41, 5.74) is 0. The number of hydrogen-bond acceptors (Lipinski definition) is 7. The lowest BCUT2D eigenvalue weighted by Crippen LogP contribution is -2.60. The summed E-state index contributed by atoms with van der Waals surface area (Å²) in [6.07, 6.45) is 4.21. The van der Waals surface area contributed by atoms with Gasteiger partial charge in [0.2, 0.25) is 17.7 Å². The minimum absolute atomic E-state index is 0.0148. The molecule has 4 aliphatic rings. The highest BCUT2D eigenvalue weighted by molar-refractivity contribution is 8.02. The zero-order valence-corrected chi connectivity index (χ0v) is 24.8. The van der Waals surface area contributed by atoms with Crippen molar-refractivity contribution in [1.82, 2.24) is 19.6 Å². The van der Waals surface area contributed by atoms with E-state index in [4.69, 9.17) is 4.74 Å². The lowest BCUT2D eigenvalue weighted by molar-refractivity contribution is -0.147. The molecule has 0 aromatic rings. The molecule has 4 aliphatic heterocycles. The van der Waals surface area contributed by atoms with E-state index < -0.39 is 28.7 Å². The number of ether oxygens (including phenoxy) is 1. The van der Waals surface area contributed by atoms with Crippen molar-refractivity contribution < 1.29 is 24.2 Å². The standard InChI is InChI=1S/C29H46N4O5S/c1-7-9-30(6)26(35)23-22-17-20(5)29(39-22)24(23)27(36)33(21(18-34)19(3)4)25(29)28(37)32(10-8-2)12-11-31-13-15-38-16-14-31/h7-8,19-25,34H,1-2,9-18H2,3-6H3/t20?,21-,22-,23+,24-,25?,29?/m0/s1. The monoisotopic (exact) mass is 562 g/mol. The van der Waals surface area contributed by atoms with Crippen LogP contribution in [0.15, 0.2) is 25.3 Å². The Labute approximate surface area is 237 Å².